The molecule has 0 amide bonds. The van der Waals surface area contributed by atoms with Crippen LogP contribution in [-0.2, 0) is 0 Å². The summed E-state index contributed by atoms with van der Waals surface area (Å²) in [5.74, 6) is 0.252. The molecule has 15 nitrogen and oxygen atoms in total. The number of para-hydroxylation sites is 1. The zero-order chi connectivity index (χ0) is 32.4. The first-order chi connectivity index (χ1) is 22.2. The number of nitrogens with zero attached hydrogens (tertiary/aromatic N) is 8. The SMILES string of the molecule is NC(=S)N/N=C/C1CSC(n2nc(-c3cn(-c4ccccc4)nc3-c3cccc([N+](=O)[O-])c3)c(O)c2-c2ccc([N+](=O)[O-])cc2)=N1. The largest absolute Gasteiger partial charge is 0.504 e. The summed E-state index contributed by atoms with van der Waals surface area (Å²) in [5, 5.41) is 48.7. The van der Waals surface area contributed by atoms with Crippen molar-refractivity contribution in [3.8, 4) is 45.2 Å². The van der Waals surface area contributed by atoms with Gasteiger partial charge in [-0.1, -0.05) is 42.1 Å². The van der Waals surface area contributed by atoms with Gasteiger partial charge in [-0.15, -0.1) is 0 Å². The Labute approximate surface area is 269 Å². The van der Waals surface area contributed by atoms with Gasteiger partial charge in [0.2, 0.25) is 0 Å². The first-order valence-corrected chi connectivity index (χ1v) is 14.9. The minimum Gasteiger partial charge on any atom is -0.504 e. The molecule has 0 radical (unpaired) electrons. The molecule has 1 unspecified atom stereocenters. The summed E-state index contributed by atoms with van der Waals surface area (Å²) in [6.07, 6.45) is 3.22. The number of aromatic hydroxyl groups is 1. The molecule has 0 saturated heterocycles. The molecule has 17 heteroatoms. The molecule has 0 saturated carbocycles. The normalized spacial score (nSPS) is 14.3. The molecule has 2 aromatic heterocycles. The van der Waals surface area contributed by atoms with Gasteiger partial charge in [-0.3, -0.25) is 30.6 Å². The minimum atomic E-state index is -0.516. The third-order valence-electron chi connectivity index (χ3n) is 6.79. The Morgan fingerprint density at radius 3 is 2.43 bits per heavy atom. The lowest BCUT2D eigenvalue weighted by Crippen LogP contribution is -2.25. The highest BCUT2D eigenvalue weighted by atomic mass is 32.2. The molecule has 0 spiro atoms. The maximum atomic E-state index is 11.8. The highest BCUT2D eigenvalue weighted by Crippen LogP contribution is 2.43. The number of aliphatic imine (C=N–C) groups is 1. The number of benzene rings is 3. The zero-order valence-electron chi connectivity index (χ0n) is 23.5. The van der Waals surface area contributed by atoms with E-state index < -0.39 is 9.85 Å². The number of hydrazone groups is 1. The van der Waals surface area contributed by atoms with E-state index in [1.165, 1.54) is 52.8 Å². The van der Waals surface area contributed by atoms with E-state index in [9.17, 15) is 25.3 Å². The Balaban J connectivity index is 1.54. The van der Waals surface area contributed by atoms with Crippen molar-refractivity contribution in [1.29, 1.82) is 0 Å². The van der Waals surface area contributed by atoms with E-state index in [4.69, 9.17) is 33.1 Å². The Morgan fingerprint density at radius 1 is 1.00 bits per heavy atom. The van der Waals surface area contributed by atoms with Gasteiger partial charge in [0.25, 0.3) is 11.4 Å². The fraction of sp³-hybridized carbons (Fsp3) is 0.0690. The second-order valence-electron chi connectivity index (χ2n) is 9.78. The summed E-state index contributed by atoms with van der Waals surface area (Å²) in [7, 11) is 0. The Morgan fingerprint density at radius 2 is 1.74 bits per heavy atom. The predicted molar refractivity (Wildman–Crippen MR) is 178 cm³/mol. The summed E-state index contributed by atoms with van der Waals surface area (Å²) < 4.78 is 3.05. The summed E-state index contributed by atoms with van der Waals surface area (Å²) in [6, 6.07) is 20.5. The van der Waals surface area contributed by atoms with Crippen LogP contribution in [0.4, 0.5) is 11.4 Å². The van der Waals surface area contributed by atoms with E-state index in [2.05, 4.69) is 10.5 Å². The van der Waals surface area contributed by atoms with E-state index in [1.807, 2.05) is 30.3 Å². The number of nitrogens with two attached hydrogens (primary N) is 1. The monoisotopic (exact) mass is 654 g/mol. The van der Waals surface area contributed by atoms with Crippen LogP contribution < -0.4 is 11.2 Å². The Hall–Kier alpha value is -5.94. The molecule has 1 aliphatic rings. The van der Waals surface area contributed by atoms with Crippen molar-refractivity contribution < 1.29 is 15.0 Å². The minimum absolute atomic E-state index is 0.00352. The lowest BCUT2D eigenvalue weighted by molar-refractivity contribution is -0.385. The van der Waals surface area contributed by atoms with Gasteiger partial charge < -0.3 is 10.8 Å². The van der Waals surface area contributed by atoms with Gasteiger partial charge in [-0.05, 0) is 36.5 Å². The smallest absolute Gasteiger partial charge is 0.270 e. The molecule has 46 heavy (non-hydrogen) atoms. The molecular formula is C29H22N10O5S2. The number of rotatable bonds is 8. The fourth-order valence-corrected chi connectivity index (χ4v) is 5.72. The summed E-state index contributed by atoms with van der Waals surface area (Å²) in [5.41, 5.74) is 10.3. The van der Waals surface area contributed by atoms with Gasteiger partial charge in [0, 0.05) is 47.3 Å². The molecule has 3 heterocycles. The highest BCUT2D eigenvalue weighted by molar-refractivity contribution is 8.14. The standard InChI is InChI=1S/C29H22N10O5S2/c30-28(45)33-31-14-19-16-46-29(32-19)37-26(17-9-11-21(12-10-17)38(41)42)27(40)25(35-37)23-15-36(20-6-2-1-3-7-20)34-24(23)18-5-4-8-22(13-18)39(43)44/h1-15,19,40H,16H2,(H3,30,33,45)/b31-14+. The van der Waals surface area contributed by atoms with Crippen LogP contribution in [0.5, 0.6) is 5.75 Å². The molecule has 0 aliphatic carbocycles. The molecule has 5 aromatic rings. The van der Waals surface area contributed by atoms with Crippen molar-refractivity contribution in [3.05, 3.63) is 105 Å². The van der Waals surface area contributed by atoms with E-state index in [0.29, 0.717) is 39.0 Å². The van der Waals surface area contributed by atoms with Gasteiger partial charge in [0.15, 0.2) is 16.0 Å². The summed E-state index contributed by atoms with van der Waals surface area (Å²) >= 11 is 6.14. The molecule has 1 aliphatic heterocycles. The number of hydrogen-bond acceptors (Lipinski definition) is 11. The predicted octanol–water partition coefficient (Wildman–Crippen LogP) is 4.73. The Bertz CT molecular complexity index is 2040. The fourth-order valence-electron chi connectivity index (χ4n) is 4.73. The van der Waals surface area contributed by atoms with Crippen molar-refractivity contribution in [2.24, 2.45) is 15.8 Å². The number of aromatic nitrogens is 4. The Kier molecular flexibility index (Phi) is 8.23. The zero-order valence-corrected chi connectivity index (χ0v) is 25.1. The maximum absolute atomic E-state index is 11.8. The molecule has 6 rings (SSSR count). The number of thioether (sulfide) groups is 1. The van der Waals surface area contributed by atoms with Crippen LogP contribution in [0.25, 0.3) is 39.5 Å². The van der Waals surface area contributed by atoms with Crippen molar-refractivity contribution in [1.82, 2.24) is 25.0 Å². The molecule has 0 fully saturated rings. The topological polar surface area (TPSA) is 205 Å². The van der Waals surface area contributed by atoms with Crippen LogP contribution in [0.15, 0.2) is 95.2 Å². The van der Waals surface area contributed by atoms with E-state index in [0.717, 1.165) is 0 Å². The molecule has 0 bridgehead atoms. The van der Waals surface area contributed by atoms with Crippen LogP contribution in [-0.4, -0.2) is 62.8 Å². The van der Waals surface area contributed by atoms with Crippen molar-refractivity contribution in [2.45, 2.75) is 6.04 Å². The average Bonchev–Trinajstić information content (AvgIpc) is 3.79. The first kappa shape index (κ1) is 30.1. The number of thiocarbonyl (C=S) groups is 1. The molecule has 1 atom stereocenters. The lowest BCUT2D eigenvalue weighted by atomic mass is 10.0. The third-order valence-corrected chi connectivity index (χ3v) is 7.93. The van der Waals surface area contributed by atoms with E-state index in [1.54, 1.807) is 29.2 Å². The van der Waals surface area contributed by atoms with Gasteiger partial charge >= 0.3 is 0 Å². The third kappa shape index (κ3) is 6.04. The van der Waals surface area contributed by atoms with Crippen molar-refractivity contribution in [2.75, 3.05) is 5.75 Å². The van der Waals surface area contributed by atoms with Crippen LogP contribution >= 0.6 is 24.0 Å². The summed E-state index contributed by atoms with van der Waals surface area (Å²) in [4.78, 5) is 26.6. The van der Waals surface area contributed by atoms with Crippen molar-refractivity contribution in [3.63, 3.8) is 0 Å². The van der Waals surface area contributed by atoms with Gasteiger partial charge in [-0.25, -0.2) is 9.36 Å². The van der Waals surface area contributed by atoms with E-state index >= 15 is 0 Å². The van der Waals surface area contributed by atoms with Gasteiger partial charge in [0.05, 0.1) is 33.4 Å². The number of nitro benzene ring substituents is 2. The van der Waals surface area contributed by atoms with Crippen LogP contribution in [0, 0.1) is 20.2 Å². The number of non-ortho nitro benzene ring substituents is 2. The number of hydrogen-bond donors (Lipinski definition) is 3. The van der Waals surface area contributed by atoms with Gasteiger partial charge in [0.1, 0.15) is 17.1 Å². The highest BCUT2D eigenvalue weighted by Gasteiger charge is 2.30. The second-order valence-corrected chi connectivity index (χ2v) is 11.2. The second kappa shape index (κ2) is 12.6. The lowest BCUT2D eigenvalue weighted by Gasteiger charge is -2.06. The average molecular weight is 655 g/mol. The molecule has 3 aromatic carbocycles. The quantitative estimate of drug-likeness (QED) is 0.0902. The van der Waals surface area contributed by atoms with E-state index in [-0.39, 0.29) is 39.7 Å². The van der Waals surface area contributed by atoms with Crippen molar-refractivity contribution >= 4 is 51.8 Å². The van der Waals surface area contributed by atoms with Crippen LogP contribution in [0.1, 0.15) is 0 Å². The molecule has 4 N–H and O–H groups in total. The number of nitrogens with one attached hydrogen (secondary N) is 1. The first-order valence-electron chi connectivity index (χ1n) is 13.5. The van der Waals surface area contributed by atoms with Crippen LogP contribution in [0.3, 0.4) is 0 Å². The summed E-state index contributed by atoms with van der Waals surface area (Å²) in [6.45, 7) is 0. The molecular weight excluding hydrogens is 633 g/mol. The van der Waals surface area contributed by atoms with Crippen LogP contribution in [0.2, 0.25) is 0 Å². The maximum Gasteiger partial charge on any atom is 0.270 e. The molecule has 230 valence electrons. The number of nitro groups is 2. The van der Waals surface area contributed by atoms with Gasteiger partial charge in [-0.2, -0.15) is 15.3 Å².